The number of halogens is 3. The van der Waals surface area contributed by atoms with E-state index in [0.717, 1.165) is 16.7 Å². The second-order valence-corrected chi connectivity index (χ2v) is 12.3. The number of amides is 1. The molecule has 0 bridgehead atoms. The van der Waals surface area contributed by atoms with Crippen molar-refractivity contribution in [3.63, 3.8) is 0 Å². The lowest BCUT2D eigenvalue weighted by Gasteiger charge is -2.26. The molecule has 1 fully saturated rings. The standard InChI is InChI=1S/C22H22F3N3O7S2/c1-28(2)19(31)34-12-20(13-6-4-3-5-7-13)11-21(20,18(29)30)27-37(32,33)17-9-8-15(36-17)14-10-16(35-26-14)22(23,24)25/h3-8,10,17,27H,9,11-12H2,1-2H3,(H,29,30). The highest BCUT2D eigenvalue weighted by Crippen LogP contribution is 2.59. The lowest BCUT2D eigenvalue weighted by molar-refractivity contribution is -0.155. The molecule has 0 spiro atoms. The van der Waals surface area contributed by atoms with Gasteiger partial charge in [0.25, 0.3) is 0 Å². The van der Waals surface area contributed by atoms with Crippen molar-refractivity contribution in [2.75, 3.05) is 20.7 Å². The third kappa shape index (κ3) is 4.94. The quantitative estimate of drug-likeness (QED) is 0.497. The fraction of sp³-hybridized carbons (Fsp3) is 0.409. The highest BCUT2D eigenvalue weighted by atomic mass is 32.3. The Morgan fingerprint density at radius 2 is 1.97 bits per heavy atom. The molecule has 0 radical (unpaired) electrons. The number of rotatable bonds is 8. The fourth-order valence-corrected chi connectivity index (χ4v) is 7.34. The number of benzene rings is 1. The van der Waals surface area contributed by atoms with Crippen molar-refractivity contribution < 1.29 is 45.5 Å². The molecule has 1 amide bonds. The van der Waals surface area contributed by atoms with Gasteiger partial charge in [0.15, 0.2) is 0 Å². The number of ether oxygens (including phenoxy) is 1. The Balaban J connectivity index is 1.57. The fourth-order valence-electron chi connectivity index (χ4n) is 4.17. The second kappa shape index (κ2) is 9.36. The molecular weight excluding hydrogens is 539 g/mol. The Hall–Kier alpha value is -3.04. The van der Waals surface area contributed by atoms with Gasteiger partial charge in [-0.25, -0.2) is 13.2 Å². The summed E-state index contributed by atoms with van der Waals surface area (Å²) in [6.07, 6.45) is -4.37. The molecule has 1 aliphatic carbocycles. The van der Waals surface area contributed by atoms with Crippen LogP contribution in [-0.4, -0.2) is 66.5 Å². The molecule has 37 heavy (non-hydrogen) atoms. The van der Waals surface area contributed by atoms with Crippen LogP contribution in [0.3, 0.4) is 0 Å². The minimum absolute atomic E-state index is 0.104. The van der Waals surface area contributed by atoms with Crippen molar-refractivity contribution in [3.05, 3.63) is 59.5 Å². The van der Waals surface area contributed by atoms with Gasteiger partial charge in [0.2, 0.25) is 15.8 Å². The zero-order valence-electron chi connectivity index (χ0n) is 19.5. The first-order chi connectivity index (χ1) is 17.2. The average Bonchev–Trinajstić information content (AvgIpc) is 3.21. The predicted molar refractivity (Wildman–Crippen MR) is 126 cm³/mol. The summed E-state index contributed by atoms with van der Waals surface area (Å²) in [7, 11) is -1.45. The van der Waals surface area contributed by atoms with Crippen LogP contribution in [0, 0.1) is 0 Å². The summed E-state index contributed by atoms with van der Waals surface area (Å²) in [5.41, 5.74) is -3.11. The molecule has 2 N–H and O–H groups in total. The van der Waals surface area contributed by atoms with E-state index in [1.807, 2.05) is 0 Å². The molecule has 3 atom stereocenters. The third-order valence-electron chi connectivity index (χ3n) is 6.22. The number of aliphatic carboxylic acids is 1. The summed E-state index contributed by atoms with van der Waals surface area (Å²) in [6, 6.07) is 8.92. The lowest BCUT2D eigenvalue weighted by atomic mass is 9.91. The third-order valence-corrected chi connectivity index (χ3v) is 9.87. The molecule has 1 aromatic carbocycles. The van der Waals surface area contributed by atoms with E-state index in [2.05, 4.69) is 14.4 Å². The van der Waals surface area contributed by atoms with E-state index >= 15 is 0 Å². The summed E-state index contributed by atoms with van der Waals surface area (Å²) in [4.78, 5) is 25.9. The van der Waals surface area contributed by atoms with E-state index in [9.17, 15) is 36.3 Å². The molecule has 200 valence electrons. The van der Waals surface area contributed by atoms with Crippen LogP contribution in [0.25, 0.3) is 4.91 Å². The Bertz CT molecular complexity index is 1340. The Labute approximate surface area is 213 Å². The van der Waals surface area contributed by atoms with Crippen molar-refractivity contribution in [3.8, 4) is 0 Å². The second-order valence-electron chi connectivity index (χ2n) is 8.86. The van der Waals surface area contributed by atoms with Crippen molar-refractivity contribution in [2.45, 2.75) is 34.6 Å². The van der Waals surface area contributed by atoms with Gasteiger partial charge in [-0.2, -0.15) is 17.9 Å². The number of aromatic nitrogens is 1. The molecule has 2 aliphatic rings. The number of nitrogens with one attached hydrogen (secondary N) is 1. The summed E-state index contributed by atoms with van der Waals surface area (Å²) in [5, 5.41) is 13.5. The van der Waals surface area contributed by atoms with Crippen LogP contribution in [0.5, 0.6) is 0 Å². The molecule has 10 nitrogen and oxygen atoms in total. The molecular formula is C22H22F3N3O7S2. The summed E-state index contributed by atoms with van der Waals surface area (Å²) in [6.45, 7) is -0.399. The van der Waals surface area contributed by atoms with Crippen molar-refractivity contribution in [1.82, 2.24) is 14.8 Å². The van der Waals surface area contributed by atoms with E-state index in [4.69, 9.17) is 4.74 Å². The lowest BCUT2D eigenvalue weighted by Crippen LogP contribution is -2.52. The van der Waals surface area contributed by atoms with Crippen LogP contribution < -0.4 is 4.72 Å². The maximum Gasteiger partial charge on any atom is 0.452 e. The number of sulfonamides is 1. The van der Waals surface area contributed by atoms with Gasteiger partial charge in [-0.1, -0.05) is 41.6 Å². The Morgan fingerprint density at radius 1 is 1.30 bits per heavy atom. The average molecular weight is 562 g/mol. The van der Waals surface area contributed by atoms with Gasteiger partial charge in [0.05, 0.1) is 5.41 Å². The molecule has 2 heterocycles. The van der Waals surface area contributed by atoms with Gasteiger partial charge in [-0.05, 0) is 18.4 Å². The zero-order valence-corrected chi connectivity index (χ0v) is 21.1. The molecule has 1 aromatic heterocycles. The maximum atomic E-state index is 13.3. The van der Waals surface area contributed by atoms with Crippen molar-refractivity contribution >= 4 is 38.8 Å². The first-order valence-corrected chi connectivity index (χ1v) is 13.2. The number of carbonyl (C=O) groups is 2. The number of alkyl halides is 3. The van der Waals surface area contributed by atoms with E-state index in [1.54, 1.807) is 30.3 Å². The molecule has 1 aliphatic heterocycles. The van der Waals surface area contributed by atoms with Crippen LogP contribution in [0.2, 0.25) is 0 Å². The van der Waals surface area contributed by atoms with Gasteiger partial charge >= 0.3 is 18.2 Å². The molecule has 4 rings (SSSR count). The topological polar surface area (TPSA) is 139 Å². The highest BCUT2D eigenvalue weighted by molar-refractivity contribution is 8.18. The maximum absolute atomic E-state index is 13.3. The van der Waals surface area contributed by atoms with Crippen LogP contribution in [0.4, 0.5) is 18.0 Å². The van der Waals surface area contributed by atoms with Crippen molar-refractivity contribution in [2.24, 2.45) is 0 Å². The molecule has 15 heteroatoms. The number of allylic oxidation sites excluding steroid dienone is 1. The number of carboxylic acid groups (broad SMARTS) is 1. The largest absolute Gasteiger partial charge is 0.480 e. The SMILES string of the molecule is CN(C)C(=O)OCC1(c2ccccc2)CC1(NS(=O)(=O)C1CC=C(c2cc(C(F)(F)F)on2)S1)C(=O)O. The van der Waals surface area contributed by atoms with Crippen molar-refractivity contribution in [1.29, 1.82) is 0 Å². The monoisotopic (exact) mass is 561 g/mol. The van der Waals surface area contributed by atoms with Crippen LogP contribution in [0.1, 0.15) is 29.9 Å². The predicted octanol–water partition coefficient (Wildman–Crippen LogP) is 3.28. The van der Waals surface area contributed by atoms with Crippen LogP contribution in [-0.2, 0) is 31.1 Å². The van der Waals surface area contributed by atoms with Gasteiger partial charge in [-0.3, -0.25) is 4.79 Å². The number of hydrogen-bond donors (Lipinski definition) is 2. The number of carboxylic acids is 1. The van der Waals surface area contributed by atoms with E-state index in [0.29, 0.717) is 11.6 Å². The molecule has 0 saturated heterocycles. The molecule has 3 unspecified atom stereocenters. The molecule has 1 saturated carbocycles. The van der Waals surface area contributed by atoms with Gasteiger partial charge in [-0.15, -0.1) is 11.8 Å². The van der Waals surface area contributed by atoms with E-state index in [1.165, 1.54) is 20.2 Å². The minimum Gasteiger partial charge on any atom is -0.480 e. The number of hydrogen-bond acceptors (Lipinski definition) is 8. The number of thioether (sulfide) groups is 1. The van der Waals surface area contributed by atoms with Crippen LogP contribution in [0.15, 0.2) is 47.0 Å². The van der Waals surface area contributed by atoms with E-state index in [-0.39, 0.29) is 23.4 Å². The van der Waals surface area contributed by atoms with Gasteiger partial charge < -0.3 is 19.3 Å². The highest BCUT2D eigenvalue weighted by Gasteiger charge is 2.76. The summed E-state index contributed by atoms with van der Waals surface area (Å²) >= 11 is 0.729. The Morgan fingerprint density at radius 3 is 2.54 bits per heavy atom. The minimum atomic E-state index is -4.75. The first kappa shape index (κ1) is 27.0. The number of nitrogens with zero attached hydrogens (tertiary/aromatic N) is 2. The molecule has 2 aromatic rings. The normalized spacial score (nSPS) is 25.4. The zero-order chi connectivity index (χ0) is 27.2. The van der Waals surface area contributed by atoms with Gasteiger partial charge in [0.1, 0.15) is 22.4 Å². The Kier molecular flexibility index (Phi) is 6.84. The van der Waals surface area contributed by atoms with Crippen LogP contribution >= 0.6 is 11.8 Å². The number of carbonyl (C=O) groups excluding carboxylic acids is 1. The summed E-state index contributed by atoms with van der Waals surface area (Å²) < 4.78 is 75.9. The summed E-state index contributed by atoms with van der Waals surface area (Å²) in [5.74, 6) is -2.78. The first-order valence-electron chi connectivity index (χ1n) is 10.8. The van der Waals surface area contributed by atoms with E-state index < -0.39 is 56.2 Å². The smallest absolute Gasteiger partial charge is 0.452 e. The van der Waals surface area contributed by atoms with Gasteiger partial charge in [0, 0.05) is 25.1 Å².